The largest absolute Gasteiger partial charge is 0.0840 e. The maximum absolute atomic E-state index is 2.34. The minimum Gasteiger partial charge on any atom is -0.0840 e. The number of benzene rings is 1. The SMILES string of the molecule is CCCC1(Pc2ccccc2)CCCCC1. The highest BCUT2D eigenvalue weighted by Crippen LogP contribution is 2.46. The number of hydrogen-bond donors (Lipinski definition) is 0. The summed E-state index contributed by atoms with van der Waals surface area (Å²) in [6, 6.07) is 11.1. The first-order valence-corrected chi connectivity index (χ1v) is 7.68. The Labute approximate surface area is 102 Å². The predicted molar refractivity (Wildman–Crippen MR) is 75.1 cm³/mol. The molecule has 0 radical (unpaired) electrons. The van der Waals surface area contributed by atoms with Crippen molar-refractivity contribution in [3.05, 3.63) is 30.3 Å². The molecule has 16 heavy (non-hydrogen) atoms. The first-order valence-electron chi connectivity index (χ1n) is 6.68. The van der Waals surface area contributed by atoms with Gasteiger partial charge in [0, 0.05) is 0 Å². The van der Waals surface area contributed by atoms with Crippen molar-refractivity contribution in [2.45, 2.75) is 57.0 Å². The maximum atomic E-state index is 2.34. The lowest BCUT2D eigenvalue weighted by molar-refractivity contribution is 0.373. The molecule has 0 aliphatic heterocycles. The van der Waals surface area contributed by atoms with E-state index in [1.165, 1.54) is 44.9 Å². The smallest absolute Gasteiger partial charge is 0.00817 e. The molecule has 1 atom stereocenters. The summed E-state index contributed by atoms with van der Waals surface area (Å²) in [7, 11) is 1.03. The zero-order chi connectivity index (χ0) is 11.3. The molecule has 1 aromatic carbocycles. The quantitative estimate of drug-likeness (QED) is 0.673. The molecular weight excluding hydrogens is 211 g/mol. The molecule has 88 valence electrons. The molecule has 1 aliphatic rings. The molecule has 1 unspecified atom stereocenters. The third-order valence-electron chi connectivity index (χ3n) is 3.72. The van der Waals surface area contributed by atoms with Gasteiger partial charge in [0.25, 0.3) is 0 Å². The van der Waals surface area contributed by atoms with Crippen LogP contribution in [0.25, 0.3) is 0 Å². The third kappa shape index (κ3) is 3.08. The van der Waals surface area contributed by atoms with Gasteiger partial charge >= 0.3 is 0 Å². The highest BCUT2D eigenvalue weighted by molar-refractivity contribution is 7.49. The topological polar surface area (TPSA) is 0 Å². The van der Waals surface area contributed by atoms with Gasteiger partial charge in [0.15, 0.2) is 0 Å². The van der Waals surface area contributed by atoms with E-state index in [0.717, 1.165) is 8.58 Å². The van der Waals surface area contributed by atoms with Crippen molar-refractivity contribution in [1.29, 1.82) is 0 Å². The average molecular weight is 234 g/mol. The van der Waals surface area contributed by atoms with Gasteiger partial charge in [0.2, 0.25) is 0 Å². The molecule has 0 aromatic heterocycles. The van der Waals surface area contributed by atoms with Crippen LogP contribution in [-0.2, 0) is 0 Å². The number of hydrogen-bond acceptors (Lipinski definition) is 0. The Kier molecular flexibility index (Phi) is 4.41. The summed E-state index contributed by atoms with van der Waals surface area (Å²) in [5.74, 6) is 0. The van der Waals surface area contributed by atoms with Gasteiger partial charge in [-0.15, -0.1) is 0 Å². The summed E-state index contributed by atoms with van der Waals surface area (Å²) >= 11 is 0. The Morgan fingerprint density at radius 3 is 2.38 bits per heavy atom. The second-order valence-corrected chi connectivity index (χ2v) is 6.97. The summed E-state index contributed by atoms with van der Waals surface area (Å²) in [5.41, 5.74) is 0. The summed E-state index contributed by atoms with van der Waals surface area (Å²) < 4.78 is 0. The average Bonchev–Trinajstić information content (AvgIpc) is 2.31. The minimum atomic E-state index is 0.661. The lowest BCUT2D eigenvalue weighted by atomic mass is 9.85. The highest BCUT2D eigenvalue weighted by Gasteiger charge is 2.30. The molecule has 0 saturated heterocycles. The van der Waals surface area contributed by atoms with Crippen LogP contribution in [0.15, 0.2) is 30.3 Å². The fourth-order valence-corrected chi connectivity index (χ4v) is 4.92. The molecule has 1 heteroatoms. The maximum Gasteiger partial charge on any atom is -0.00817 e. The van der Waals surface area contributed by atoms with Gasteiger partial charge in [-0.3, -0.25) is 0 Å². The van der Waals surface area contributed by atoms with Gasteiger partial charge in [-0.05, 0) is 29.7 Å². The van der Waals surface area contributed by atoms with Crippen LogP contribution in [0.2, 0.25) is 0 Å². The van der Waals surface area contributed by atoms with E-state index in [1.807, 2.05) is 0 Å². The second-order valence-electron chi connectivity index (χ2n) is 5.08. The van der Waals surface area contributed by atoms with Crippen molar-refractivity contribution in [2.75, 3.05) is 0 Å². The minimum absolute atomic E-state index is 0.661. The van der Waals surface area contributed by atoms with Crippen molar-refractivity contribution in [3.8, 4) is 0 Å². The van der Waals surface area contributed by atoms with Gasteiger partial charge < -0.3 is 0 Å². The second kappa shape index (κ2) is 5.82. The van der Waals surface area contributed by atoms with Gasteiger partial charge in [0.05, 0.1) is 0 Å². The first-order chi connectivity index (χ1) is 7.85. The Hall–Kier alpha value is -0.350. The molecule has 1 fully saturated rings. The Morgan fingerprint density at radius 2 is 1.75 bits per heavy atom. The van der Waals surface area contributed by atoms with E-state index < -0.39 is 0 Å². The molecular formula is C15H23P. The summed E-state index contributed by atoms with van der Waals surface area (Å²) in [5, 5.41) is 2.23. The third-order valence-corrected chi connectivity index (χ3v) is 5.62. The number of rotatable bonds is 4. The summed E-state index contributed by atoms with van der Waals surface area (Å²) in [4.78, 5) is 0. The van der Waals surface area contributed by atoms with Crippen molar-refractivity contribution >= 4 is 13.9 Å². The highest BCUT2D eigenvalue weighted by atomic mass is 31.1. The van der Waals surface area contributed by atoms with Crippen molar-refractivity contribution in [3.63, 3.8) is 0 Å². The molecule has 0 nitrogen and oxygen atoms in total. The Morgan fingerprint density at radius 1 is 1.06 bits per heavy atom. The fourth-order valence-electron chi connectivity index (χ4n) is 2.97. The van der Waals surface area contributed by atoms with E-state index in [2.05, 4.69) is 37.3 Å². The first kappa shape index (κ1) is 12.1. The van der Waals surface area contributed by atoms with E-state index in [-0.39, 0.29) is 0 Å². The molecule has 1 aliphatic carbocycles. The van der Waals surface area contributed by atoms with Gasteiger partial charge in [-0.1, -0.05) is 71.5 Å². The molecule has 0 spiro atoms. The summed E-state index contributed by atoms with van der Waals surface area (Å²) in [6.45, 7) is 2.34. The molecule has 0 bridgehead atoms. The molecule has 0 amide bonds. The lowest BCUT2D eigenvalue weighted by Gasteiger charge is -2.37. The van der Waals surface area contributed by atoms with E-state index in [9.17, 15) is 0 Å². The molecule has 1 aromatic rings. The van der Waals surface area contributed by atoms with Crippen LogP contribution in [0, 0.1) is 0 Å². The van der Waals surface area contributed by atoms with Crippen LogP contribution < -0.4 is 5.30 Å². The molecule has 0 heterocycles. The zero-order valence-corrected chi connectivity index (χ0v) is 11.3. The molecule has 1 saturated carbocycles. The van der Waals surface area contributed by atoms with Gasteiger partial charge in [0.1, 0.15) is 0 Å². The van der Waals surface area contributed by atoms with E-state index in [1.54, 1.807) is 5.30 Å². The monoisotopic (exact) mass is 234 g/mol. The molecule has 0 N–H and O–H groups in total. The van der Waals surface area contributed by atoms with E-state index in [4.69, 9.17) is 0 Å². The van der Waals surface area contributed by atoms with Crippen molar-refractivity contribution < 1.29 is 0 Å². The van der Waals surface area contributed by atoms with E-state index >= 15 is 0 Å². The lowest BCUT2D eigenvalue weighted by Crippen LogP contribution is -2.28. The summed E-state index contributed by atoms with van der Waals surface area (Å²) in [6.07, 6.45) is 10.1. The molecule has 2 rings (SSSR count). The van der Waals surface area contributed by atoms with Crippen LogP contribution in [0.5, 0.6) is 0 Å². The van der Waals surface area contributed by atoms with E-state index in [0.29, 0.717) is 5.16 Å². The van der Waals surface area contributed by atoms with Crippen molar-refractivity contribution in [2.24, 2.45) is 0 Å². The van der Waals surface area contributed by atoms with Gasteiger partial charge in [-0.2, -0.15) is 0 Å². The Bertz CT molecular complexity index is 293. The predicted octanol–water partition coefficient (Wildman–Crippen LogP) is 4.49. The zero-order valence-electron chi connectivity index (χ0n) is 10.3. The van der Waals surface area contributed by atoms with Crippen LogP contribution in [-0.4, -0.2) is 5.16 Å². The van der Waals surface area contributed by atoms with Crippen molar-refractivity contribution in [1.82, 2.24) is 0 Å². The Balaban J connectivity index is 2.07. The van der Waals surface area contributed by atoms with Crippen LogP contribution in [0.4, 0.5) is 0 Å². The van der Waals surface area contributed by atoms with Crippen LogP contribution >= 0.6 is 8.58 Å². The fraction of sp³-hybridized carbons (Fsp3) is 0.600. The normalized spacial score (nSPS) is 20.3. The van der Waals surface area contributed by atoms with Crippen LogP contribution in [0.3, 0.4) is 0 Å². The van der Waals surface area contributed by atoms with Crippen LogP contribution in [0.1, 0.15) is 51.9 Å². The van der Waals surface area contributed by atoms with Gasteiger partial charge in [-0.25, -0.2) is 0 Å². The standard InChI is InChI=1S/C15H23P/c1-2-11-15(12-7-4-8-13-15)16-14-9-5-3-6-10-14/h3,5-6,9-10,16H,2,4,7-8,11-13H2,1H3.